The quantitative estimate of drug-likeness (QED) is 0.356. The van der Waals surface area contributed by atoms with Gasteiger partial charge in [-0.2, -0.15) is 0 Å². The number of quaternary nitrogens is 1. The summed E-state index contributed by atoms with van der Waals surface area (Å²) < 4.78 is 32.4. The second kappa shape index (κ2) is 10.2. The van der Waals surface area contributed by atoms with Crippen LogP contribution in [0.1, 0.15) is 26.7 Å². The molecular weight excluding hydrogens is 372 g/mol. The van der Waals surface area contributed by atoms with Gasteiger partial charge in [-0.1, -0.05) is 6.90 Å². The molecule has 0 N–H and O–H groups in total. The number of rotatable bonds is 9. The van der Waals surface area contributed by atoms with Crippen LogP contribution >= 0.6 is 0 Å². The van der Waals surface area contributed by atoms with Gasteiger partial charge in [0.25, 0.3) is 0 Å². The third-order valence-electron chi connectivity index (χ3n) is 5.38. The smallest absolute Gasteiger partial charge is 0.494 e. The fourth-order valence-electron chi connectivity index (χ4n) is 3.84. The third-order valence-corrected chi connectivity index (χ3v) is 8.28. The molecule has 3 aliphatic heterocycles. The minimum atomic E-state index is -2.53. The molecule has 0 amide bonds. The molecule has 0 aromatic heterocycles. The molecule has 3 aliphatic rings. The van der Waals surface area contributed by atoms with Gasteiger partial charge < -0.3 is 22.5 Å². The van der Waals surface area contributed by atoms with Gasteiger partial charge in [-0.25, -0.2) is 0 Å². The maximum absolute atomic E-state index is 7.34. The summed E-state index contributed by atoms with van der Waals surface area (Å²) in [6.07, 6.45) is 1.81. The van der Waals surface area contributed by atoms with Gasteiger partial charge in [-0.05, 0) is 37.1 Å². The van der Waals surface area contributed by atoms with Gasteiger partial charge in [0.2, 0.25) is 0 Å². The molecule has 6 nitrogen and oxygen atoms in total. The lowest BCUT2D eigenvalue weighted by molar-refractivity contribution is -0.903. The maximum atomic E-state index is 7.34. The van der Waals surface area contributed by atoms with Crippen molar-refractivity contribution in [3.63, 3.8) is 0 Å². The molecule has 0 aliphatic carbocycles. The van der Waals surface area contributed by atoms with E-state index in [9.17, 15) is 0 Å². The van der Waals surface area contributed by atoms with Crippen molar-refractivity contribution < 1.29 is 23.9 Å². The van der Waals surface area contributed by atoms with Crippen molar-refractivity contribution in [3.8, 4) is 5.75 Å². The molecule has 28 heavy (non-hydrogen) atoms. The molecule has 3 saturated heterocycles. The number of benzene rings is 1. The first-order valence-electron chi connectivity index (χ1n) is 11.2. The Kier molecular flexibility index (Phi) is 7.39. The van der Waals surface area contributed by atoms with Crippen LogP contribution in [-0.2, 0) is 19.8 Å². The molecule has 158 valence electrons. The molecule has 1 aromatic rings. The number of hydrogen-bond donors (Lipinski definition) is 0. The van der Waals surface area contributed by atoms with E-state index in [-0.39, 0.29) is 0 Å². The van der Waals surface area contributed by atoms with Crippen LogP contribution in [0.5, 0.6) is 5.75 Å². The first-order valence-corrected chi connectivity index (χ1v) is 12.4. The fourth-order valence-corrected chi connectivity index (χ4v) is 6.31. The number of hydrogen-bond acceptors (Lipinski definition) is 5. The Balaban J connectivity index is 1.42. The molecule has 4 rings (SSSR count). The lowest BCUT2D eigenvalue weighted by Gasteiger charge is -2.38. The van der Waals surface area contributed by atoms with Crippen LogP contribution in [0.15, 0.2) is 24.3 Å². The van der Waals surface area contributed by atoms with E-state index >= 15 is 0 Å². The zero-order chi connectivity index (χ0) is 20.6. The predicted molar refractivity (Wildman–Crippen MR) is 112 cm³/mol. The molecule has 0 unspecified atom stereocenters. The molecule has 3 fully saturated rings. The molecule has 1 aromatic carbocycles. The van der Waals surface area contributed by atoms with Crippen LogP contribution in [0.3, 0.4) is 0 Å². The summed E-state index contributed by atoms with van der Waals surface area (Å²) >= 11 is 0. The normalized spacial score (nSPS) is 26.2. The Bertz CT molecular complexity index is 591. The molecule has 0 saturated carbocycles. The largest absolute Gasteiger partial charge is 0.501 e. The highest BCUT2D eigenvalue weighted by molar-refractivity contribution is 6.60. The summed E-state index contributed by atoms with van der Waals surface area (Å²) in [7, 11) is 1.91. The van der Waals surface area contributed by atoms with Crippen molar-refractivity contribution in [2.45, 2.75) is 32.3 Å². The molecule has 7 heteroatoms. The molecule has 0 atom stereocenters. The molecule has 0 radical (unpaired) electrons. The Hall–Kier alpha value is -0.963. The van der Waals surface area contributed by atoms with Crippen LogP contribution in [-0.4, -0.2) is 84.9 Å². The van der Waals surface area contributed by atoms with Gasteiger partial charge >= 0.3 is 8.80 Å². The molecular formula is C21H37N2O4Si+. The summed E-state index contributed by atoms with van der Waals surface area (Å²) in [5, 5.41) is 0. The van der Waals surface area contributed by atoms with Gasteiger partial charge in [0.1, 0.15) is 12.3 Å². The number of fused-ring (bicyclic) bond motifs is 6. The van der Waals surface area contributed by atoms with Gasteiger partial charge in [0.15, 0.2) is 0 Å². The predicted octanol–water partition coefficient (Wildman–Crippen LogP) is 2.76. The van der Waals surface area contributed by atoms with E-state index in [2.05, 4.69) is 43.3 Å². The minimum Gasteiger partial charge on any atom is -0.494 e. The Morgan fingerprint density at radius 2 is 1.71 bits per heavy atom. The van der Waals surface area contributed by atoms with Gasteiger partial charge in [0.05, 0.1) is 47.1 Å². The molecule has 3 heterocycles. The Morgan fingerprint density at radius 3 is 2.32 bits per heavy atom. The van der Waals surface area contributed by atoms with Crippen LogP contribution < -0.4 is 4.74 Å². The average molecular weight is 411 g/mol. The highest BCUT2D eigenvalue weighted by Crippen LogP contribution is 2.22. The maximum Gasteiger partial charge on any atom is 0.501 e. The fraction of sp³-hybridized carbons (Fsp3) is 0.714. The van der Waals surface area contributed by atoms with Crippen molar-refractivity contribution in [1.29, 1.82) is 0 Å². The van der Waals surface area contributed by atoms with Crippen molar-refractivity contribution in [2.75, 3.05) is 66.7 Å². The SMILES string of the molecule is [2H]CCC[N+](C)(C)Cc1ccc(OCCC[Si]23OCCN(CCO2)CCO3)cc1. The summed E-state index contributed by atoms with van der Waals surface area (Å²) in [6.45, 7) is 8.16. The summed E-state index contributed by atoms with van der Waals surface area (Å²) in [5.41, 5.74) is 1.30. The van der Waals surface area contributed by atoms with Gasteiger partial charge in [0, 0.05) is 32.6 Å². The van der Waals surface area contributed by atoms with Crippen molar-refractivity contribution in [2.24, 2.45) is 0 Å². The van der Waals surface area contributed by atoms with Crippen LogP contribution in [0, 0.1) is 0 Å². The second-order valence-electron chi connectivity index (χ2n) is 8.34. The van der Waals surface area contributed by atoms with Gasteiger partial charge in [-0.15, -0.1) is 0 Å². The average Bonchev–Trinajstić information content (AvgIpc) is 2.65. The summed E-state index contributed by atoms with van der Waals surface area (Å²) in [4.78, 5) is 2.33. The topological polar surface area (TPSA) is 40.2 Å². The first-order chi connectivity index (χ1) is 14.0. The van der Waals surface area contributed by atoms with Gasteiger partial charge in [-0.3, -0.25) is 4.90 Å². The lowest BCUT2D eigenvalue weighted by Crippen LogP contribution is -2.55. The first kappa shape index (κ1) is 20.3. The lowest BCUT2D eigenvalue weighted by atomic mass is 10.2. The van der Waals surface area contributed by atoms with Crippen LogP contribution in [0.2, 0.25) is 6.04 Å². The van der Waals surface area contributed by atoms with E-state index in [1.807, 2.05) is 0 Å². The van der Waals surface area contributed by atoms with Crippen molar-refractivity contribution in [3.05, 3.63) is 29.8 Å². The van der Waals surface area contributed by atoms with E-state index in [1.165, 1.54) is 5.56 Å². The van der Waals surface area contributed by atoms with E-state index in [1.54, 1.807) is 0 Å². The standard InChI is InChI=1S/C21H37N2O4Si/c1-4-13-23(2,3)19-20-6-8-21(9-7-20)24-14-5-18-28-25-15-10-22(11-16-26-28)12-17-27-28/h6-9H,4-5,10-19H2,1-3H3/q+1/i1D. The Labute approximate surface area is 172 Å². The minimum absolute atomic E-state index is 0.498. The number of nitrogens with zero attached hydrogens (tertiary/aromatic N) is 2. The third kappa shape index (κ3) is 6.54. The monoisotopic (exact) mass is 410 g/mol. The van der Waals surface area contributed by atoms with Crippen LogP contribution in [0.4, 0.5) is 0 Å². The van der Waals surface area contributed by atoms with E-state index in [4.69, 9.17) is 19.4 Å². The van der Waals surface area contributed by atoms with Crippen molar-refractivity contribution >= 4 is 8.80 Å². The molecule has 0 spiro atoms. The highest BCUT2D eigenvalue weighted by atomic mass is 28.4. The highest BCUT2D eigenvalue weighted by Gasteiger charge is 2.43. The van der Waals surface area contributed by atoms with Crippen LogP contribution in [0.25, 0.3) is 0 Å². The Morgan fingerprint density at radius 1 is 1.07 bits per heavy atom. The van der Waals surface area contributed by atoms with E-state index in [0.29, 0.717) is 33.3 Å². The van der Waals surface area contributed by atoms with Crippen molar-refractivity contribution in [1.82, 2.24) is 4.90 Å². The molecule has 2 bridgehead atoms. The zero-order valence-electron chi connectivity index (χ0n) is 18.5. The second-order valence-corrected chi connectivity index (χ2v) is 11.1. The van der Waals surface area contributed by atoms with E-state index in [0.717, 1.165) is 61.8 Å². The summed E-state index contributed by atoms with van der Waals surface area (Å²) in [6, 6.07) is 9.22. The number of ether oxygens (including phenoxy) is 1. The summed E-state index contributed by atoms with van der Waals surface area (Å²) in [5.74, 6) is 0.901. The zero-order valence-corrected chi connectivity index (χ0v) is 18.5. The van der Waals surface area contributed by atoms with E-state index < -0.39 is 8.80 Å².